The fourth-order valence-electron chi connectivity index (χ4n) is 3.04. The molecule has 1 fully saturated rings. The first kappa shape index (κ1) is 20.7. The van der Waals surface area contributed by atoms with Crippen molar-refractivity contribution in [1.82, 2.24) is 24.8 Å². The van der Waals surface area contributed by atoms with Gasteiger partial charge in [-0.2, -0.15) is 0 Å². The van der Waals surface area contributed by atoms with Gasteiger partial charge < -0.3 is 25.3 Å². The Kier molecular flexibility index (Phi) is 6.75. The first-order valence-corrected chi connectivity index (χ1v) is 9.21. The molecule has 11 heteroatoms. The Morgan fingerprint density at radius 3 is 2.97 bits per heavy atom. The summed E-state index contributed by atoms with van der Waals surface area (Å²) >= 11 is 0. The van der Waals surface area contributed by atoms with Gasteiger partial charge in [0.2, 0.25) is 5.91 Å². The number of carbonyl (C=O) groups is 1. The molecular weight excluding hydrogens is 382 g/mol. The van der Waals surface area contributed by atoms with Crippen molar-refractivity contribution in [1.29, 1.82) is 0 Å². The molecule has 156 valence electrons. The maximum Gasteiger partial charge on any atom is 0.330 e. The average molecular weight is 405 g/mol. The molecule has 0 radical (unpaired) electrons. The number of carbonyl (C=O) groups excluding carboxylic acids is 1. The number of aliphatic hydroxyl groups excluding tert-OH is 2. The number of aromatic amines is 2. The number of amides is 1. The van der Waals surface area contributed by atoms with E-state index in [-0.39, 0.29) is 18.9 Å². The molecule has 3 atom stereocenters. The van der Waals surface area contributed by atoms with Crippen molar-refractivity contribution in [2.75, 3.05) is 13.2 Å². The predicted molar refractivity (Wildman–Crippen MR) is 102 cm³/mol. The number of ether oxygens (including phenoxy) is 1. The molecular formula is C18H23N5O6. The number of aryl methyl sites for hydroxylation is 1. The minimum absolute atomic E-state index is 0.134. The minimum atomic E-state index is -0.891. The van der Waals surface area contributed by atoms with Crippen molar-refractivity contribution in [2.24, 2.45) is 0 Å². The van der Waals surface area contributed by atoms with E-state index in [9.17, 15) is 24.6 Å². The van der Waals surface area contributed by atoms with E-state index in [2.05, 4.69) is 20.3 Å². The Morgan fingerprint density at radius 2 is 2.28 bits per heavy atom. The van der Waals surface area contributed by atoms with Crippen LogP contribution in [0.15, 0.2) is 34.4 Å². The Labute approximate surface area is 165 Å². The van der Waals surface area contributed by atoms with Crippen LogP contribution in [0.2, 0.25) is 0 Å². The Morgan fingerprint density at radius 1 is 1.45 bits per heavy atom. The lowest BCUT2D eigenvalue weighted by molar-refractivity contribution is -0.116. The van der Waals surface area contributed by atoms with E-state index in [0.717, 1.165) is 0 Å². The molecule has 11 nitrogen and oxygen atoms in total. The standard InChI is InChI=1S/C18H23N5O6/c24-9-14-13(25)6-16(29-14)23-8-11(17(27)22-18(23)28)2-1-5-20-15(26)4-3-12-7-19-10-21-12/h3-4,7-8,10,13-14,16,24-25H,1-2,5-6,9H2,(H,19,21)(H,20,26)(H,22,27,28)/b4-3+/t13-,14+,16+/m0/s1. The summed E-state index contributed by atoms with van der Waals surface area (Å²) in [5.74, 6) is -0.276. The third-order valence-electron chi connectivity index (χ3n) is 4.59. The van der Waals surface area contributed by atoms with Crippen LogP contribution in [0.5, 0.6) is 0 Å². The van der Waals surface area contributed by atoms with E-state index in [4.69, 9.17) is 4.74 Å². The monoisotopic (exact) mass is 405 g/mol. The van der Waals surface area contributed by atoms with Crippen molar-refractivity contribution in [2.45, 2.75) is 37.7 Å². The number of rotatable bonds is 8. The highest BCUT2D eigenvalue weighted by molar-refractivity contribution is 5.91. The first-order valence-electron chi connectivity index (χ1n) is 9.21. The van der Waals surface area contributed by atoms with Crippen LogP contribution < -0.4 is 16.6 Å². The van der Waals surface area contributed by atoms with Gasteiger partial charge in [-0.3, -0.25) is 19.1 Å². The Hall–Kier alpha value is -3.02. The molecule has 0 saturated carbocycles. The van der Waals surface area contributed by atoms with Crippen LogP contribution in [0.1, 0.15) is 30.3 Å². The number of hydrogen-bond donors (Lipinski definition) is 5. The largest absolute Gasteiger partial charge is 0.394 e. The number of aromatic nitrogens is 4. The molecule has 1 aliphatic rings. The first-order chi connectivity index (χ1) is 14.0. The van der Waals surface area contributed by atoms with E-state index in [1.165, 1.54) is 23.2 Å². The quantitative estimate of drug-likeness (QED) is 0.268. The summed E-state index contributed by atoms with van der Waals surface area (Å²) in [6, 6.07) is 0. The maximum atomic E-state index is 12.1. The topological polar surface area (TPSA) is 162 Å². The van der Waals surface area contributed by atoms with Crippen LogP contribution in [0.4, 0.5) is 0 Å². The second-order valence-electron chi connectivity index (χ2n) is 6.67. The van der Waals surface area contributed by atoms with Gasteiger partial charge in [0.05, 0.1) is 30.9 Å². The third kappa shape index (κ3) is 5.28. The van der Waals surface area contributed by atoms with Crippen molar-refractivity contribution < 1.29 is 19.7 Å². The van der Waals surface area contributed by atoms with Gasteiger partial charge in [0.25, 0.3) is 5.56 Å². The smallest absolute Gasteiger partial charge is 0.330 e. The third-order valence-corrected chi connectivity index (χ3v) is 4.59. The summed E-state index contributed by atoms with van der Waals surface area (Å²) in [6.45, 7) is -0.0207. The maximum absolute atomic E-state index is 12.1. The molecule has 3 heterocycles. The SMILES string of the molecule is O=C(/C=C/c1cnc[nH]1)NCCCc1cn([C@H]2C[C@H](O)[C@@H](CO)O2)c(=O)[nH]c1=O. The second kappa shape index (κ2) is 9.45. The van der Waals surface area contributed by atoms with Crippen LogP contribution in [0.25, 0.3) is 6.08 Å². The molecule has 1 aliphatic heterocycles. The zero-order chi connectivity index (χ0) is 20.8. The number of nitrogens with zero attached hydrogens (tertiary/aromatic N) is 2. The van der Waals surface area contributed by atoms with E-state index in [1.807, 2.05) is 0 Å². The number of H-pyrrole nitrogens is 2. The lowest BCUT2D eigenvalue weighted by Crippen LogP contribution is -2.34. The van der Waals surface area contributed by atoms with Crippen LogP contribution in [-0.4, -0.2) is 61.0 Å². The summed E-state index contributed by atoms with van der Waals surface area (Å²) in [5.41, 5.74) is -0.0882. The van der Waals surface area contributed by atoms with Crippen LogP contribution in [0.3, 0.4) is 0 Å². The minimum Gasteiger partial charge on any atom is -0.394 e. The van der Waals surface area contributed by atoms with E-state index < -0.39 is 29.7 Å². The summed E-state index contributed by atoms with van der Waals surface area (Å²) < 4.78 is 6.68. The summed E-state index contributed by atoms with van der Waals surface area (Å²) in [4.78, 5) is 44.8. The molecule has 0 unspecified atom stereocenters. The molecule has 29 heavy (non-hydrogen) atoms. The summed E-state index contributed by atoms with van der Waals surface area (Å²) in [6.07, 6.45) is 5.99. The van der Waals surface area contributed by atoms with Crippen LogP contribution in [-0.2, 0) is 16.0 Å². The Bertz CT molecular complexity index is 964. The number of nitrogens with one attached hydrogen (secondary N) is 3. The molecule has 3 rings (SSSR count). The zero-order valence-electron chi connectivity index (χ0n) is 15.6. The summed E-state index contributed by atoms with van der Waals surface area (Å²) in [5, 5.41) is 21.7. The highest BCUT2D eigenvalue weighted by Gasteiger charge is 2.35. The summed E-state index contributed by atoms with van der Waals surface area (Å²) in [7, 11) is 0. The molecule has 1 saturated heterocycles. The van der Waals surface area contributed by atoms with Gasteiger partial charge in [0.15, 0.2) is 0 Å². The van der Waals surface area contributed by atoms with Gasteiger partial charge in [-0.05, 0) is 18.9 Å². The van der Waals surface area contributed by atoms with Crippen molar-refractivity contribution in [3.05, 3.63) is 56.9 Å². The van der Waals surface area contributed by atoms with Crippen molar-refractivity contribution in [3.8, 4) is 0 Å². The highest BCUT2D eigenvalue weighted by Crippen LogP contribution is 2.27. The molecule has 0 spiro atoms. The van der Waals surface area contributed by atoms with Crippen LogP contribution in [0, 0.1) is 0 Å². The Balaban J connectivity index is 1.55. The molecule has 2 aromatic rings. The predicted octanol–water partition coefficient (Wildman–Crippen LogP) is -1.34. The van der Waals surface area contributed by atoms with Gasteiger partial charge in [-0.1, -0.05) is 0 Å². The molecule has 0 bridgehead atoms. The molecule has 0 aliphatic carbocycles. The van der Waals surface area contributed by atoms with Gasteiger partial charge in [0.1, 0.15) is 12.3 Å². The lowest BCUT2D eigenvalue weighted by atomic mass is 10.1. The molecule has 1 amide bonds. The van der Waals surface area contributed by atoms with E-state index in [0.29, 0.717) is 30.6 Å². The van der Waals surface area contributed by atoms with E-state index in [1.54, 1.807) is 12.3 Å². The zero-order valence-corrected chi connectivity index (χ0v) is 15.6. The van der Waals surface area contributed by atoms with Gasteiger partial charge in [-0.25, -0.2) is 9.78 Å². The van der Waals surface area contributed by atoms with Crippen LogP contribution >= 0.6 is 0 Å². The lowest BCUT2D eigenvalue weighted by Gasteiger charge is -2.15. The fourth-order valence-corrected chi connectivity index (χ4v) is 3.04. The van der Waals surface area contributed by atoms with Gasteiger partial charge >= 0.3 is 5.69 Å². The number of aliphatic hydroxyl groups is 2. The van der Waals surface area contributed by atoms with Crippen molar-refractivity contribution in [3.63, 3.8) is 0 Å². The normalized spacial score (nSPS) is 21.7. The number of hydrogen-bond acceptors (Lipinski definition) is 7. The number of imidazole rings is 1. The second-order valence-corrected chi connectivity index (χ2v) is 6.67. The highest BCUT2D eigenvalue weighted by atomic mass is 16.5. The van der Waals surface area contributed by atoms with Gasteiger partial charge in [-0.15, -0.1) is 0 Å². The van der Waals surface area contributed by atoms with Crippen molar-refractivity contribution >= 4 is 12.0 Å². The molecule has 5 N–H and O–H groups in total. The average Bonchev–Trinajstić information content (AvgIpc) is 3.34. The molecule has 0 aromatic carbocycles. The van der Waals surface area contributed by atoms with E-state index >= 15 is 0 Å². The fraction of sp³-hybridized carbons (Fsp3) is 0.444. The molecule has 2 aromatic heterocycles. The van der Waals surface area contributed by atoms with Gasteiger partial charge in [0, 0.05) is 30.8 Å².